The molecule has 1 N–H and O–H groups in total. The predicted octanol–water partition coefficient (Wildman–Crippen LogP) is 2.27. The fourth-order valence-electron chi connectivity index (χ4n) is 1.97. The summed E-state index contributed by atoms with van der Waals surface area (Å²) in [6, 6.07) is 13.3. The quantitative estimate of drug-likeness (QED) is 0.379. The number of amides is 1. The summed E-state index contributed by atoms with van der Waals surface area (Å²) < 4.78 is 15.4. The highest BCUT2D eigenvalue weighted by Gasteiger charge is 2.10. The molecule has 2 aromatic rings. The predicted molar refractivity (Wildman–Crippen MR) is 98.2 cm³/mol. The Morgan fingerprint density at radius 1 is 1.00 bits per heavy atom. The Labute approximate surface area is 161 Å². The summed E-state index contributed by atoms with van der Waals surface area (Å²) in [5, 5.41) is 3.16. The first kappa shape index (κ1) is 20.3. The molecule has 0 bridgehead atoms. The van der Waals surface area contributed by atoms with Gasteiger partial charge in [-0.05, 0) is 36.4 Å². The lowest BCUT2D eigenvalue weighted by Gasteiger charge is -2.09. The Bertz CT molecular complexity index is 778. The first-order chi connectivity index (χ1) is 13.1. The average molecular weight is 392 g/mol. The largest absolute Gasteiger partial charge is 0.492 e. The standard InChI is InChI=1S/C19H18ClNO6/c20-15-5-7-16(8-6-15)25-10-9-21-18(23)12-27-19(24)13-26-17-4-2-1-3-14(17)11-22/h1-8,11H,9-10,12-13H2,(H,21,23). The molecule has 0 saturated heterocycles. The van der Waals surface area contributed by atoms with Gasteiger partial charge in [0.1, 0.15) is 18.1 Å². The number of benzene rings is 2. The molecule has 0 fully saturated rings. The smallest absolute Gasteiger partial charge is 0.344 e. The van der Waals surface area contributed by atoms with Gasteiger partial charge in [-0.2, -0.15) is 0 Å². The van der Waals surface area contributed by atoms with Gasteiger partial charge in [0.05, 0.1) is 12.1 Å². The second-order valence-corrected chi connectivity index (χ2v) is 5.69. The number of para-hydroxylation sites is 1. The van der Waals surface area contributed by atoms with Crippen LogP contribution in [0.5, 0.6) is 11.5 Å². The molecule has 0 aromatic heterocycles. The molecule has 0 aliphatic rings. The molecule has 0 radical (unpaired) electrons. The zero-order valence-corrected chi connectivity index (χ0v) is 15.1. The van der Waals surface area contributed by atoms with Gasteiger partial charge in [-0.25, -0.2) is 4.79 Å². The van der Waals surface area contributed by atoms with Crippen LogP contribution in [-0.4, -0.2) is 44.5 Å². The Hall–Kier alpha value is -3.06. The molecule has 0 spiro atoms. The molecule has 0 aliphatic heterocycles. The van der Waals surface area contributed by atoms with E-state index in [1.165, 1.54) is 0 Å². The van der Waals surface area contributed by atoms with Crippen molar-refractivity contribution in [2.24, 2.45) is 0 Å². The van der Waals surface area contributed by atoms with Crippen LogP contribution in [-0.2, 0) is 14.3 Å². The lowest BCUT2D eigenvalue weighted by Crippen LogP contribution is -2.32. The summed E-state index contributed by atoms with van der Waals surface area (Å²) >= 11 is 5.77. The van der Waals surface area contributed by atoms with Crippen molar-refractivity contribution in [2.75, 3.05) is 26.4 Å². The van der Waals surface area contributed by atoms with E-state index in [-0.39, 0.29) is 18.9 Å². The van der Waals surface area contributed by atoms with Gasteiger partial charge in [0.2, 0.25) is 0 Å². The highest BCUT2D eigenvalue weighted by Crippen LogP contribution is 2.16. The topological polar surface area (TPSA) is 90.9 Å². The number of aldehydes is 1. The second-order valence-electron chi connectivity index (χ2n) is 5.26. The summed E-state index contributed by atoms with van der Waals surface area (Å²) in [4.78, 5) is 34.1. The highest BCUT2D eigenvalue weighted by atomic mass is 35.5. The van der Waals surface area contributed by atoms with Crippen LogP contribution in [0.15, 0.2) is 48.5 Å². The number of carbonyl (C=O) groups excluding carboxylic acids is 3. The SMILES string of the molecule is O=Cc1ccccc1OCC(=O)OCC(=O)NCCOc1ccc(Cl)cc1. The minimum Gasteiger partial charge on any atom is -0.492 e. The average Bonchev–Trinajstić information content (AvgIpc) is 2.69. The minimum absolute atomic E-state index is 0.252. The molecule has 2 rings (SSSR count). The van der Waals surface area contributed by atoms with Crippen molar-refractivity contribution in [3.05, 3.63) is 59.1 Å². The van der Waals surface area contributed by atoms with Crippen LogP contribution in [0.4, 0.5) is 0 Å². The van der Waals surface area contributed by atoms with Gasteiger partial charge >= 0.3 is 5.97 Å². The molecule has 8 heteroatoms. The van der Waals surface area contributed by atoms with Crippen molar-refractivity contribution < 1.29 is 28.6 Å². The van der Waals surface area contributed by atoms with Crippen molar-refractivity contribution in [3.8, 4) is 11.5 Å². The van der Waals surface area contributed by atoms with Crippen molar-refractivity contribution in [3.63, 3.8) is 0 Å². The Morgan fingerprint density at radius 2 is 1.74 bits per heavy atom. The van der Waals surface area contributed by atoms with Crippen LogP contribution < -0.4 is 14.8 Å². The maximum atomic E-state index is 11.6. The second kappa shape index (κ2) is 10.8. The monoisotopic (exact) mass is 391 g/mol. The zero-order chi connectivity index (χ0) is 19.5. The molecule has 1 amide bonds. The van der Waals surface area contributed by atoms with E-state index in [9.17, 15) is 14.4 Å². The van der Waals surface area contributed by atoms with Crippen molar-refractivity contribution in [2.45, 2.75) is 0 Å². The first-order valence-corrected chi connectivity index (χ1v) is 8.44. The fourth-order valence-corrected chi connectivity index (χ4v) is 2.10. The Morgan fingerprint density at radius 3 is 2.48 bits per heavy atom. The number of esters is 1. The van der Waals surface area contributed by atoms with E-state index >= 15 is 0 Å². The zero-order valence-electron chi connectivity index (χ0n) is 14.4. The molecule has 7 nitrogen and oxygen atoms in total. The Balaban J connectivity index is 1.59. The van der Waals surface area contributed by atoms with Crippen LogP contribution in [0.3, 0.4) is 0 Å². The van der Waals surface area contributed by atoms with E-state index in [0.29, 0.717) is 22.6 Å². The summed E-state index contributed by atoms with van der Waals surface area (Å²) in [6.07, 6.45) is 0.625. The molecule has 0 aliphatic carbocycles. The van der Waals surface area contributed by atoms with Crippen molar-refractivity contribution in [1.82, 2.24) is 5.32 Å². The lowest BCUT2D eigenvalue weighted by atomic mass is 10.2. The number of carbonyl (C=O) groups is 3. The maximum Gasteiger partial charge on any atom is 0.344 e. The summed E-state index contributed by atoms with van der Waals surface area (Å²) in [5.41, 5.74) is 0.323. The molecule has 0 unspecified atom stereocenters. The van der Waals surface area contributed by atoms with Gasteiger partial charge < -0.3 is 19.5 Å². The number of nitrogens with one attached hydrogen (secondary N) is 1. The molecule has 0 atom stereocenters. The summed E-state index contributed by atoms with van der Waals surface area (Å²) in [6.45, 7) is -0.328. The minimum atomic E-state index is -0.719. The van der Waals surface area contributed by atoms with Crippen LogP contribution in [0.1, 0.15) is 10.4 Å². The van der Waals surface area contributed by atoms with Gasteiger partial charge in [0, 0.05) is 5.02 Å². The van der Waals surface area contributed by atoms with Gasteiger partial charge in [0.25, 0.3) is 5.91 Å². The van der Waals surface area contributed by atoms with Crippen LogP contribution in [0, 0.1) is 0 Å². The van der Waals surface area contributed by atoms with Crippen LogP contribution in [0.2, 0.25) is 5.02 Å². The van der Waals surface area contributed by atoms with E-state index < -0.39 is 25.1 Å². The molecule has 27 heavy (non-hydrogen) atoms. The third-order valence-corrected chi connectivity index (χ3v) is 3.51. The molecule has 142 valence electrons. The third kappa shape index (κ3) is 7.37. The Kier molecular flexibility index (Phi) is 8.12. The number of hydrogen-bond acceptors (Lipinski definition) is 6. The number of halogens is 1. The van der Waals surface area contributed by atoms with E-state index in [4.69, 9.17) is 25.8 Å². The molecular formula is C19H18ClNO6. The third-order valence-electron chi connectivity index (χ3n) is 3.26. The van der Waals surface area contributed by atoms with Crippen molar-refractivity contribution >= 4 is 29.8 Å². The van der Waals surface area contributed by atoms with E-state index in [1.807, 2.05) is 0 Å². The first-order valence-electron chi connectivity index (χ1n) is 8.06. The lowest BCUT2D eigenvalue weighted by molar-refractivity contribution is -0.150. The number of hydrogen-bond donors (Lipinski definition) is 1. The van der Waals surface area contributed by atoms with Gasteiger partial charge in [-0.15, -0.1) is 0 Å². The van der Waals surface area contributed by atoms with Gasteiger partial charge in [-0.1, -0.05) is 23.7 Å². The molecule has 0 heterocycles. The summed E-state index contributed by atoms with van der Waals surface area (Å²) in [7, 11) is 0. The summed E-state index contributed by atoms with van der Waals surface area (Å²) in [5.74, 6) is -0.277. The molecule has 0 saturated carbocycles. The van der Waals surface area contributed by atoms with E-state index in [0.717, 1.165) is 0 Å². The molecular weight excluding hydrogens is 374 g/mol. The van der Waals surface area contributed by atoms with Gasteiger partial charge in [0.15, 0.2) is 19.5 Å². The molecule has 2 aromatic carbocycles. The van der Waals surface area contributed by atoms with Crippen LogP contribution >= 0.6 is 11.6 Å². The van der Waals surface area contributed by atoms with Crippen LogP contribution in [0.25, 0.3) is 0 Å². The van der Waals surface area contributed by atoms with Gasteiger partial charge in [-0.3, -0.25) is 9.59 Å². The normalized spacial score (nSPS) is 9.96. The van der Waals surface area contributed by atoms with E-state index in [2.05, 4.69) is 5.32 Å². The number of rotatable bonds is 10. The highest BCUT2D eigenvalue weighted by molar-refractivity contribution is 6.30. The maximum absolute atomic E-state index is 11.6. The van der Waals surface area contributed by atoms with Crippen molar-refractivity contribution in [1.29, 1.82) is 0 Å². The van der Waals surface area contributed by atoms with E-state index in [1.54, 1.807) is 48.5 Å². The number of ether oxygens (including phenoxy) is 3. The fraction of sp³-hybridized carbons (Fsp3) is 0.211.